The first-order valence-electron chi connectivity index (χ1n) is 3.14. The summed E-state index contributed by atoms with van der Waals surface area (Å²) >= 11 is 3.43. The Bertz CT molecular complexity index is 316. The predicted octanol–water partition coefficient (Wildman–Crippen LogP) is 2.85. The van der Waals surface area contributed by atoms with Gasteiger partial charge >= 0.3 is 6.61 Å². The van der Waals surface area contributed by atoms with Crippen LogP contribution in [0.15, 0.2) is 17.0 Å². The molecule has 13 heavy (non-hydrogen) atoms. The van der Waals surface area contributed by atoms with Crippen LogP contribution in [0.5, 0.6) is 5.75 Å². The first-order valence-corrected chi connectivity index (χ1v) is 3.59. The lowest BCUT2D eigenvalue weighted by atomic mass is 10.3. The molecule has 0 aromatic heterocycles. The second kappa shape index (κ2) is 3.87. The highest BCUT2D eigenvalue weighted by atomic mass is 32.1. The van der Waals surface area contributed by atoms with Gasteiger partial charge in [0.2, 0.25) is 0 Å². The average molecular weight is 212 g/mol. The molecule has 1 rings (SSSR count). The van der Waals surface area contributed by atoms with Crippen LogP contribution in [0.4, 0.5) is 17.6 Å². The van der Waals surface area contributed by atoms with E-state index in [9.17, 15) is 17.6 Å². The average Bonchev–Trinajstić information content (AvgIpc) is 2.06. The Labute approximate surface area is 76.7 Å². The second-order valence-electron chi connectivity index (χ2n) is 2.09. The number of ether oxygens (including phenoxy) is 1. The van der Waals surface area contributed by atoms with E-state index in [0.29, 0.717) is 0 Å². The fourth-order valence-electron chi connectivity index (χ4n) is 0.709. The van der Waals surface area contributed by atoms with Crippen molar-refractivity contribution in [1.29, 1.82) is 0 Å². The summed E-state index contributed by atoms with van der Waals surface area (Å²) in [6, 6.07) is 1.57. The van der Waals surface area contributed by atoms with Crippen LogP contribution >= 0.6 is 12.6 Å². The van der Waals surface area contributed by atoms with Crippen LogP contribution in [0.2, 0.25) is 0 Å². The van der Waals surface area contributed by atoms with E-state index in [1.165, 1.54) is 0 Å². The number of halogens is 4. The Balaban J connectivity index is 3.04. The summed E-state index contributed by atoms with van der Waals surface area (Å²) in [6.45, 7) is -3.15. The zero-order valence-electron chi connectivity index (χ0n) is 6.10. The molecule has 0 N–H and O–H groups in total. The van der Waals surface area contributed by atoms with Gasteiger partial charge in [-0.15, -0.1) is 12.6 Å². The van der Waals surface area contributed by atoms with Gasteiger partial charge in [-0.3, -0.25) is 0 Å². The van der Waals surface area contributed by atoms with Gasteiger partial charge < -0.3 is 4.74 Å². The molecule has 0 saturated carbocycles. The fourth-order valence-corrected chi connectivity index (χ4v) is 0.894. The molecule has 1 nitrogen and oxygen atoms in total. The lowest BCUT2D eigenvalue weighted by molar-refractivity contribution is -0.0525. The van der Waals surface area contributed by atoms with Gasteiger partial charge in [0, 0.05) is 0 Å². The van der Waals surface area contributed by atoms with Gasteiger partial charge in [0.1, 0.15) is 5.82 Å². The molecule has 0 aliphatic rings. The van der Waals surface area contributed by atoms with Crippen molar-refractivity contribution in [2.24, 2.45) is 0 Å². The molecule has 1 aromatic carbocycles. The molecule has 0 radical (unpaired) electrons. The molecule has 0 aliphatic carbocycles. The Hall–Kier alpha value is -0.910. The maximum absolute atomic E-state index is 12.8. The molecule has 6 heteroatoms. The molecule has 0 saturated heterocycles. The molecule has 0 aliphatic heterocycles. The third kappa shape index (κ3) is 2.27. The summed E-state index contributed by atoms with van der Waals surface area (Å²) in [5, 5.41) is 0. The minimum absolute atomic E-state index is 0.641. The van der Waals surface area contributed by atoms with Gasteiger partial charge in [-0.25, -0.2) is 8.78 Å². The lowest BCUT2D eigenvalue weighted by Gasteiger charge is -2.06. The second-order valence-corrected chi connectivity index (χ2v) is 2.53. The largest absolute Gasteiger partial charge is 0.432 e. The minimum atomic E-state index is -3.15. The number of thiol groups is 1. The van der Waals surface area contributed by atoms with Crippen molar-refractivity contribution in [3.63, 3.8) is 0 Å². The van der Waals surface area contributed by atoms with E-state index in [-0.39, 0.29) is 0 Å². The van der Waals surface area contributed by atoms with Crippen LogP contribution < -0.4 is 4.74 Å². The van der Waals surface area contributed by atoms with E-state index in [0.717, 1.165) is 12.1 Å². The van der Waals surface area contributed by atoms with Crippen LogP contribution in [0, 0.1) is 11.6 Å². The molecular weight excluding hydrogens is 208 g/mol. The van der Waals surface area contributed by atoms with E-state index in [2.05, 4.69) is 17.4 Å². The molecular formula is C7H4F4OS. The van der Waals surface area contributed by atoms with Crippen LogP contribution in [-0.2, 0) is 0 Å². The summed E-state index contributed by atoms with van der Waals surface area (Å²) in [6.07, 6.45) is 0. The Morgan fingerprint density at radius 2 is 1.85 bits per heavy atom. The molecule has 0 heterocycles. The van der Waals surface area contributed by atoms with Crippen molar-refractivity contribution in [3.8, 4) is 5.75 Å². The highest BCUT2D eigenvalue weighted by Crippen LogP contribution is 2.26. The first-order chi connectivity index (χ1) is 6.02. The maximum Gasteiger partial charge on any atom is 0.387 e. The van der Waals surface area contributed by atoms with Gasteiger partial charge in [0.15, 0.2) is 11.6 Å². The zero-order valence-corrected chi connectivity index (χ0v) is 6.99. The standard InChI is InChI=1S/C7H4F4OS/c8-3-1-2-4(12-7(10)11)5(9)6(3)13/h1-2,7,13H. The van der Waals surface area contributed by atoms with Crippen molar-refractivity contribution in [2.75, 3.05) is 0 Å². The summed E-state index contributed by atoms with van der Waals surface area (Å²) in [5.74, 6) is -2.88. The number of hydrogen-bond donors (Lipinski definition) is 1. The van der Waals surface area contributed by atoms with E-state index < -0.39 is 28.9 Å². The normalized spacial score (nSPS) is 10.6. The van der Waals surface area contributed by atoms with Gasteiger partial charge in [-0.05, 0) is 12.1 Å². The van der Waals surface area contributed by atoms with Crippen LogP contribution in [0.3, 0.4) is 0 Å². The molecule has 0 bridgehead atoms. The Morgan fingerprint density at radius 3 is 2.38 bits per heavy atom. The van der Waals surface area contributed by atoms with E-state index in [4.69, 9.17) is 0 Å². The smallest absolute Gasteiger partial charge is 0.387 e. The van der Waals surface area contributed by atoms with E-state index >= 15 is 0 Å². The summed E-state index contributed by atoms with van der Waals surface area (Å²) in [5.41, 5.74) is 0. The van der Waals surface area contributed by atoms with Gasteiger partial charge in [-0.1, -0.05) is 0 Å². The van der Waals surface area contributed by atoms with Crippen molar-refractivity contribution in [1.82, 2.24) is 0 Å². The third-order valence-corrected chi connectivity index (χ3v) is 1.66. The SMILES string of the molecule is Fc1ccc(OC(F)F)c(F)c1S. The Kier molecular flexibility index (Phi) is 3.02. The summed E-state index contributed by atoms with van der Waals surface area (Å²) < 4.78 is 52.4. The molecule has 0 unspecified atom stereocenters. The van der Waals surface area contributed by atoms with Gasteiger partial charge in [0.25, 0.3) is 0 Å². The monoisotopic (exact) mass is 212 g/mol. The molecule has 0 amide bonds. The number of benzene rings is 1. The first kappa shape index (κ1) is 10.2. The molecule has 0 atom stereocenters. The summed E-state index contributed by atoms with van der Waals surface area (Å²) in [7, 11) is 0. The lowest BCUT2D eigenvalue weighted by Crippen LogP contribution is -2.04. The number of rotatable bonds is 2. The topological polar surface area (TPSA) is 9.23 Å². The van der Waals surface area contributed by atoms with Gasteiger partial charge in [0.05, 0.1) is 4.90 Å². The molecule has 0 spiro atoms. The highest BCUT2D eigenvalue weighted by Gasteiger charge is 2.14. The van der Waals surface area contributed by atoms with Crippen LogP contribution in [-0.4, -0.2) is 6.61 Å². The van der Waals surface area contributed by atoms with Gasteiger partial charge in [-0.2, -0.15) is 8.78 Å². The van der Waals surface area contributed by atoms with Crippen LogP contribution in [0.25, 0.3) is 0 Å². The maximum atomic E-state index is 12.8. The zero-order chi connectivity index (χ0) is 10.0. The van der Waals surface area contributed by atoms with Crippen molar-refractivity contribution in [2.45, 2.75) is 11.5 Å². The quantitative estimate of drug-likeness (QED) is 0.585. The molecule has 1 aromatic rings. The highest BCUT2D eigenvalue weighted by molar-refractivity contribution is 7.80. The van der Waals surface area contributed by atoms with Crippen molar-refractivity contribution in [3.05, 3.63) is 23.8 Å². The number of alkyl halides is 2. The van der Waals surface area contributed by atoms with Crippen molar-refractivity contribution < 1.29 is 22.3 Å². The van der Waals surface area contributed by atoms with E-state index in [1.807, 2.05) is 0 Å². The third-order valence-electron chi connectivity index (χ3n) is 1.25. The number of hydrogen-bond acceptors (Lipinski definition) is 2. The molecule has 72 valence electrons. The van der Waals surface area contributed by atoms with Crippen molar-refractivity contribution >= 4 is 12.6 Å². The van der Waals surface area contributed by atoms with E-state index in [1.54, 1.807) is 0 Å². The minimum Gasteiger partial charge on any atom is -0.432 e. The Morgan fingerprint density at radius 1 is 1.23 bits per heavy atom. The fraction of sp³-hybridized carbons (Fsp3) is 0.143. The molecule has 0 fully saturated rings. The van der Waals surface area contributed by atoms with Crippen LogP contribution in [0.1, 0.15) is 0 Å². The summed E-state index contributed by atoms with van der Waals surface area (Å²) in [4.78, 5) is -0.641. The predicted molar refractivity (Wildman–Crippen MR) is 40.2 cm³/mol.